The Morgan fingerprint density at radius 1 is 1.38 bits per heavy atom. The second-order valence-electron chi connectivity index (χ2n) is 6.30. The van der Waals surface area contributed by atoms with Crippen molar-refractivity contribution in [3.05, 3.63) is 18.2 Å². The third-order valence-corrected chi connectivity index (χ3v) is 4.48. The Morgan fingerprint density at radius 3 is 2.86 bits per heavy atom. The largest absolute Gasteiger partial charge is 0.495 e. The fourth-order valence-electron chi connectivity index (χ4n) is 3.21. The molecule has 0 amide bonds. The molecule has 3 rings (SSSR count). The zero-order valence-corrected chi connectivity index (χ0v) is 12.7. The van der Waals surface area contributed by atoms with E-state index in [0.29, 0.717) is 17.5 Å². The van der Waals surface area contributed by atoms with Crippen molar-refractivity contribution in [2.75, 3.05) is 12.8 Å². The molecule has 1 fully saturated rings. The third kappa shape index (κ3) is 2.34. The van der Waals surface area contributed by atoms with Crippen molar-refractivity contribution in [2.45, 2.75) is 39.2 Å². The Labute approximate surface area is 124 Å². The van der Waals surface area contributed by atoms with E-state index in [-0.39, 0.29) is 5.41 Å². The van der Waals surface area contributed by atoms with Crippen LogP contribution in [0.2, 0.25) is 0 Å². The lowest BCUT2D eigenvalue weighted by Gasteiger charge is -2.27. The second-order valence-corrected chi connectivity index (χ2v) is 6.30. The van der Waals surface area contributed by atoms with Crippen molar-refractivity contribution >= 4 is 5.69 Å². The van der Waals surface area contributed by atoms with Crippen molar-refractivity contribution in [1.29, 1.82) is 0 Å². The van der Waals surface area contributed by atoms with Gasteiger partial charge in [-0.2, -0.15) is 0 Å². The van der Waals surface area contributed by atoms with Crippen LogP contribution in [-0.2, 0) is 0 Å². The van der Waals surface area contributed by atoms with Crippen molar-refractivity contribution < 1.29 is 4.74 Å². The van der Waals surface area contributed by atoms with Crippen LogP contribution in [0.1, 0.15) is 39.2 Å². The predicted octanol–water partition coefficient (Wildman–Crippen LogP) is 2.68. The highest BCUT2D eigenvalue weighted by molar-refractivity contribution is 5.65. The standard InChI is InChI=1S/C15H21N5O/c1-15(2)8-4-5-13(15)20-14(17-18-19-20)10-6-7-11(16)12(9-10)21-3/h6-7,9,13H,4-5,8,16H2,1-3H3. The minimum absolute atomic E-state index is 0.210. The van der Waals surface area contributed by atoms with Gasteiger partial charge in [-0.1, -0.05) is 20.3 Å². The topological polar surface area (TPSA) is 78.9 Å². The number of hydrogen-bond donors (Lipinski definition) is 1. The summed E-state index contributed by atoms with van der Waals surface area (Å²) in [6, 6.07) is 5.97. The third-order valence-electron chi connectivity index (χ3n) is 4.48. The predicted molar refractivity (Wildman–Crippen MR) is 80.9 cm³/mol. The van der Waals surface area contributed by atoms with Crippen molar-refractivity contribution in [1.82, 2.24) is 20.2 Å². The number of hydrogen-bond acceptors (Lipinski definition) is 5. The Morgan fingerprint density at radius 2 is 2.19 bits per heavy atom. The van der Waals surface area contributed by atoms with Gasteiger partial charge in [-0.3, -0.25) is 0 Å². The maximum Gasteiger partial charge on any atom is 0.182 e. The minimum Gasteiger partial charge on any atom is -0.495 e. The zero-order valence-electron chi connectivity index (χ0n) is 12.7. The highest BCUT2D eigenvalue weighted by Gasteiger charge is 2.38. The molecular formula is C15H21N5O. The van der Waals surface area contributed by atoms with Gasteiger partial charge in [0.05, 0.1) is 18.8 Å². The van der Waals surface area contributed by atoms with E-state index in [1.54, 1.807) is 7.11 Å². The van der Waals surface area contributed by atoms with Gasteiger partial charge in [0.25, 0.3) is 0 Å². The molecule has 2 N–H and O–H groups in total. The first-order chi connectivity index (χ1) is 10.0. The molecule has 0 aliphatic heterocycles. The van der Waals surface area contributed by atoms with Crippen molar-refractivity contribution in [3.8, 4) is 17.1 Å². The van der Waals surface area contributed by atoms with Crippen molar-refractivity contribution in [2.24, 2.45) is 5.41 Å². The number of anilines is 1. The highest BCUT2D eigenvalue weighted by atomic mass is 16.5. The zero-order chi connectivity index (χ0) is 15.0. The number of benzene rings is 1. The number of aromatic nitrogens is 4. The molecule has 0 bridgehead atoms. The van der Waals surface area contributed by atoms with Crippen molar-refractivity contribution in [3.63, 3.8) is 0 Å². The number of nitrogens with two attached hydrogens (primary N) is 1. The summed E-state index contributed by atoms with van der Waals surface area (Å²) in [5.41, 5.74) is 7.62. The first-order valence-electron chi connectivity index (χ1n) is 7.24. The summed E-state index contributed by atoms with van der Waals surface area (Å²) in [4.78, 5) is 0. The molecule has 1 atom stereocenters. The van der Waals surface area contributed by atoms with Crippen LogP contribution >= 0.6 is 0 Å². The van der Waals surface area contributed by atoms with Gasteiger partial charge in [-0.15, -0.1) is 5.10 Å². The lowest BCUT2D eigenvalue weighted by molar-refractivity contribution is 0.242. The summed E-state index contributed by atoms with van der Waals surface area (Å²) >= 11 is 0. The van der Waals surface area contributed by atoms with Crippen LogP contribution in [0.4, 0.5) is 5.69 Å². The molecule has 21 heavy (non-hydrogen) atoms. The van der Waals surface area contributed by atoms with E-state index in [2.05, 4.69) is 29.4 Å². The normalized spacial score (nSPS) is 20.6. The van der Waals surface area contributed by atoms with E-state index in [0.717, 1.165) is 17.8 Å². The van der Waals surface area contributed by atoms with E-state index in [1.165, 1.54) is 12.8 Å². The molecule has 112 valence electrons. The lowest BCUT2D eigenvalue weighted by Crippen LogP contribution is -2.23. The maximum atomic E-state index is 5.87. The fourth-order valence-corrected chi connectivity index (χ4v) is 3.21. The molecule has 1 aliphatic rings. The van der Waals surface area contributed by atoms with E-state index >= 15 is 0 Å². The van der Waals surface area contributed by atoms with E-state index in [1.807, 2.05) is 22.9 Å². The van der Waals surface area contributed by atoms with Gasteiger partial charge in [-0.05, 0) is 46.9 Å². The van der Waals surface area contributed by atoms with Crippen LogP contribution in [0.25, 0.3) is 11.4 Å². The fraction of sp³-hybridized carbons (Fsp3) is 0.533. The molecule has 6 heteroatoms. The van der Waals surface area contributed by atoms with E-state index in [9.17, 15) is 0 Å². The second kappa shape index (κ2) is 5.02. The molecule has 0 saturated heterocycles. The van der Waals surface area contributed by atoms with Crippen LogP contribution in [0.15, 0.2) is 18.2 Å². The Hall–Kier alpha value is -2.11. The lowest BCUT2D eigenvalue weighted by atomic mass is 9.87. The van der Waals surface area contributed by atoms with E-state index < -0.39 is 0 Å². The van der Waals surface area contributed by atoms with Gasteiger partial charge in [0, 0.05) is 5.56 Å². The average Bonchev–Trinajstić information content (AvgIpc) is 3.05. The Balaban J connectivity index is 2.03. The molecule has 1 saturated carbocycles. The molecule has 1 aliphatic carbocycles. The number of rotatable bonds is 3. The molecular weight excluding hydrogens is 266 g/mol. The number of nitrogens with zero attached hydrogens (tertiary/aromatic N) is 4. The molecule has 6 nitrogen and oxygen atoms in total. The van der Waals surface area contributed by atoms with Gasteiger partial charge in [0.15, 0.2) is 5.82 Å². The van der Waals surface area contributed by atoms with Crippen LogP contribution in [0.3, 0.4) is 0 Å². The summed E-state index contributed by atoms with van der Waals surface area (Å²) in [7, 11) is 1.61. The summed E-state index contributed by atoms with van der Waals surface area (Å²) in [6.07, 6.45) is 3.52. The quantitative estimate of drug-likeness (QED) is 0.878. The number of tetrazole rings is 1. The first kappa shape index (κ1) is 13.9. The number of methoxy groups -OCH3 is 1. The molecule has 1 heterocycles. The van der Waals surface area contributed by atoms with Crippen LogP contribution in [0, 0.1) is 5.41 Å². The first-order valence-corrected chi connectivity index (χ1v) is 7.24. The summed E-state index contributed by atoms with van der Waals surface area (Å²) < 4.78 is 7.24. The smallest absolute Gasteiger partial charge is 0.182 e. The SMILES string of the molecule is COc1cc(-c2nnnn2C2CCCC2(C)C)ccc1N. The van der Waals surface area contributed by atoms with Gasteiger partial charge < -0.3 is 10.5 Å². The summed E-state index contributed by atoms with van der Waals surface area (Å²) in [5.74, 6) is 1.42. The molecule has 1 unspecified atom stereocenters. The summed E-state index contributed by atoms with van der Waals surface area (Å²) in [5, 5.41) is 12.3. The molecule has 2 aromatic rings. The molecule has 1 aromatic heterocycles. The Bertz CT molecular complexity index is 649. The highest BCUT2D eigenvalue weighted by Crippen LogP contribution is 2.46. The van der Waals surface area contributed by atoms with Gasteiger partial charge in [-0.25, -0.2) is 4.68 Å². The monoisotopic (exact) mass is 287 g/mol. The minimum atomic E-state index is 0.210. The average molecular weight is 287 g/mol. The van der Waals surface area contributed by atoms with Crippen LogP contribution < -0.4 is 10.5 Å². The molecule has 1 aromatic carbocycles. The maximum absolute atomic E-state index is 5.87. The molecule has 0 radical (unpaired) electrons. The van der Waals surface area contributed by atoms with E-state index in [4.69, 9.17) is 10.5 Å². The number of ether oxygens (including phenoxy) is 1. The summed E-state index contributed by atoms with van der Waals surface area (Å²) in [6.45, 7) is 4.55. The van der Waals surface area contributed by atoms with Crippen LogP contribution in [0.5, 0.6) is 5.75 Å². The molecule has 0 spiro atoms. The number of nitrogen functional groups attached to an aromatic ring is 1. The van der Waals surface area contributed by atoms with Crippen LogP contribution in [-0.4, -0.2) is 27.3 Å². The van der Waals surface area contributed by atoms with Gasteiger partial charge in [0.1, 0.15) is 5.75 Å². The Kier molecular flexibility index (Phi) is 3.31. The van der Waals surface area contributed by atoms with Gasteiger partial charge >= 0.3 is 0 Å². The van der Waals surface area contributed by atoms with Gasteiger partial charge in [0.2, 0.25) is 0 Å².